The van der Waals surface area contributed by atoms with Gasteiger partial charge < -0.3 is 14.2 Å². The minimum Gasteiger partial charge on any atom is -0.462 e. The van der Waals surface area contributed by atoms with Gasteiger partial charge in [-0.25, -0.2) is 0 Å². The van der Waals surface area contributed by atoms with E-state index < -0.39 is 6.10 Å². The van der Waals surface area contributed by atoms with E-state index >= 15 is 0 Å². The lowest BCUT2D eigenvalue weighted by Gasteiger charge is -2.18. The fraction of sp³-hybridized carbons (Fsp3) is 0.891. The minimum atomic E-state index is -0.535. The van der Waals surface area contributed by atoms with Crippen LogP contribution in [0.2, 0.25) is 0 Å². The molecule has 5 heteroatoms. The summed E-state index contributed by atoms with van der Waals surface area (Å²) in [6, 6.07) is 0. The molecule has 5 nitrogen and oxygen atoms in total. The van der Waals surface area contributed by atoms with Crippen molar-refractivity contribution < 1.29 is 23.8 Å². The molecule has 0 aliphatic rings. The average molecular weight is 845 g/mol. The van der Waals surface area contributed by atoms with Crippen LogP contribution in [0.3, 0.4) is 0 Å². The Hall–Kier alpha value is -1.62. The number of unbranched alkanes of at least 4 members (excludes halogenated alkanes) is 35. The molecule has 0 spiro atoms. The van der Waals surface area contributed by atoms with Crippen LogP contribution in [0, 0.1) is 0 Å². The molecule has 0 bridgehead atoms. The van der Waals surface area contributed by atoms with E-state index in [2.05, 4.69) is 45.1 Å². The Morgan fingerprint density at radius 2 is 0.700 bits per heavy atom. The first-order chi connectivity index (χ1) is 29.6. The van der Waals surface area contributed by atoms with Gasteiger partial charge >= 0.3 is 11.9 Å². The number of hydrogen-bond donors (Lipinski definition) is 0. The zero-order chi connectivity index (χ0) is 43.5. The summed E-state index contributed by atoms with van der Waals surface area (Å²) in [7, 11) is 0. The molecule has 0 radical (unpaired) electrons. The zero-order valence-electron chi connectivity index (χ0n) is 40.7. The van der Waals surface area contributed by atoms with Gasteiger partial charge in [0, 0.05) is 19.4 Å². The number of allylic oxidation sites excluding steroid dienone is 4. The molecule has 0 aliphatic carbocycles. The van der Waals surface area contributed by atoms with Crippen LogP contribution in [0.25, 0.3) is 0 Å². The normalized spacial score (nSPS) is 12.2. The van der Waals surface area contributed by atoms with Crippen molar-refractivity contribution in [3.63, 3.8) is 0 Å². The lowest BCUT2D eigenvalue weighted by molar-refractivity contribution is -0.163. The quantitative estimate of drug-likeness (QED) is 0.0347. The summed E-state index contributed by atoms with van der Waals surface area (Å²) in [6.07, 6.45) is 60.4. The molecule has 0 rings (SSSR count). The summed E-state index contributed by atoms with van der Waals surface area (Å²) in [6.45, 7) is 7.85. The molecule has 0 aliphatic heterocycles. The highest BCUT2D eigenvalue weighted by Crippen LogP contribution is 2.16. The lowest BCUT2D eigenvalue weighted by atomic mass is 10.0. The number of rotatable bonds is 50. The monoisotopic (exact) mass is 845 g/mol. The second-order valence-corrected chi connectivity index (χ2v) is 18.1. The van der Waals surface area contributed by atoms with E-state index in [0.717, 1.165) is 51.4 Å². The van der Waals surface area contributed by atoms with Gasteiger partial charge in [0.25, 0.3) is 0 Å². The number of hydrogen-bond acceptors (Lipinski definition) is 5. The van der Waals surface area contributed by atoms with Crippen LogP contribution in [-0.2, 0) is 23.8 Å². The smallest absolute Gasteiger partial charge is 0.306 e. The second-order valence-electron chi connectivity index (χ2n) is 18.1. The van der Waals surface area contributed by atoms with Crippen LogP contribution in [0.15, 0.2) is 24.3 Å². The Balaban J connectivity index is 4.24. The standard InChI is InChI=1S/C55H104O5/c1-4-7-10-13-16-19-22-25-27-29-32-35-38-41-44-47-50-58-51-53(52-59-54(56)48-45-42-39-36-33-30-24-21-18-15-12-9-6-3)60-55(57)49-46-43-40-37-34-31-28-26-23-20-17-14-11-8-5-2/h17,20,26,28,53H,4-16,18-19,21-25,27,29-52H2,1-3H3/b20-17-,28-26-/t53-/m1/s1. The number of ether oxygens (including phenoxy) is 3. The van der Waals surface area contributed by atoms with Gasteiger partial charge in [-0.2, -0.15) is 0 Å². The van der Waals surface area contributed by atoms with Gasteiger partial charge in [0.15, 0.2) is 6.10 Å². The molecular weight excluding hydrogens is 741 g/mol. The summed E-state index contributed by atoms with van der Waals surface area (Å²) >= 11 is 0. The van der Waals surface area contributed by atoms with E-state index in [1.165, 1.54) is 205 Å². The third kappa shape index (κ3) is 49.0. The van der Waals surface area contributed by atoms with Gasteiger partial charge in [0.05, 0.1) is 6.61 Å². The highest BCUT2D eigenvalue weighted by Gasteiger charge is 2.17. The first-order valence-electron chi connectivity index (χ1n) is 26.9. The maximum absolute atomic E-state index is 12.8. The molecule has 0 heterocycles. The van der Waals surface area contributed by atoms with Gasteiger partial charge in [-0.15, -0.1) is 0 Å². The molecule has 60 heavy (non-hydrogen) atoms. The van der Waals surface area contributed by atoms with Crippen molar-refractivity contribution in [2.24, 2.45) is 0 Å². The summed E-state index contributed by atoms with van der Waals surface area (Å²) in [4.78, 5) is 25.4. The van der Waals surface area contributed by atoms with Crippen molar-refractivity contribution in [1.82, 2.24) is 0 Å². The molecule has 0 aromatic rings. The maximum Gasteiger partial charge on any atom is 0.306 e. The highest BCUT2D eigenvalue weighted by atomic mass is 16.6. The van der Waals surface area contributed by atoms with Gasteiger partial charge in [-0.3, -0.25) is 9.59 Å². The molecule has 0 unspecified atom stereocenters. The highest BCUT2D eigenvalue weighted by molar-refractivity contribution is 5.70. The summed E-state index contributed by atoms with van der Waals surface area (Å²) in [5.41, 5.74) is 0. The first kappa shape index (κ1) is 58.4. The van der Waals surface area contributed by atoms with Crippen molar-refractivity contribution in [1.29, 1.82) is 0 Å². The van der Waals surface area contributed by atoms with E-state index in [9.17, 15) is 9.59 Å². The van der Waals surface area contributed by atoms with Gasteiger partial charge in [0.2, 0.25) is 0 Å². The van der Waals surface area contributed by atoms with E-state index in [4.69, 9.17) is 14.2 Å². The van der Waals surface area contributed by atoms with Crippen molar-refractivity contribution in [2.75, 3.05) is 19.8 Å². The zero-order valence-corrected chi connectivity index (χ0v) is 40.7. The molecule has 0 aromatic heterocycles. The van der Waals surface area contributed by atoms with Crippen LogP contribution >= 0.6 is 0 Å². The predicted molar refractivity (Wildman–Crippen MR) is 261 cm³/mol. The van der Waals surface area contributed by atoms with Gasteiger partial charge in [0.1, 0.15) is 6.61 Å². The van der Waals surface area contributed by atoms with Crippen molar-refractivity contribution in [3.05, 3.63) is 24.3 Å². The SMILES string of the molecule is CCCCC/C=C\C/C=C\CCCCCCCC(=O)O[C@H](COCCCCCCCCCCCCCCCCCC)COC(=O)CCCCCCCCCCCCCCC. The van der Waals surface area contributed by atoms with Gasteiger partial charge in [-0.1, -0.05) is 251 Å². The molecule has 0 aromatic carbocycles. The lowest BCUT2D eigenvalue weighted by Crippen LogP contribution is -2.30. The maximum atomic E-state index is 12.8. The molecule has 1 atom stereocenters. The Morgan fingerprint density at radius 1 is 0.367 bits per heavy atom. The van der Waals surface area contributed by atoms with Crippen molar-refractivity contribution in [3.8, 4) is 0 Å². The number of carbonyl (C=O) groups excluding carboxylic acids is 2. The number of esters is 2. The Bertz CT molecular complexity index is 913. The largest absolute Gasteiger partial charge is 0.462 e. The fourth-order valence-corrected chi connectivity index (χ4v) is 7.95. The Labute approximate surface area is 375 Å². The van der Waals surface area contributed by atoms with Crippen LogP contribution in [-0.4, -0.2) is 37.9 Å². The predicted octanol–water partition coefficient (Wildman–Crippen LogP) is 18.0. The third-order valence-corrected chi connectivity index (χ3v) is 12.0. The molecule has 354 valence electrons. The van der Waals surface area contributed by atoms with Crippen LogP contribution in [0.1, 0.15) is 290 Å². The summed E-state index contributed by atoms with van der Waals surface area (Å²) < 4.78 is 17.4. The van der Waals surface area contributed by atoms with E-state index in [-0.39, 0.29) is 18.5 Å². The second kappa shape index (κ2) is 51.7. The molecule has 0 amide bonds. The van der Waals surface area contributed by atoms with E-state index in [1.807, 2.05) is 0 Å². The molecule has 0 saturated carbocycles. The first-order valence-corrected chi connectivity index (χ1v) is 26.9. The topological polar surface area (TPSA) is 61.8 Å². The van der Waals surface area contributed by atoms with E-state index in [0.29, 0.717) is 26.1 Å². The molecule has 0 fully saturated rings. The summed E-state index contributed by atoms with van der Waals surface area (Å²) in [5, 5.41) is 0. The van der Waals surface area contributed by atoms with Crippen LogP contribution in [0.5, 0.6) is 0 Å². The fourth-order valence-electron chi connectivity index (χ4n) is 7.95. The van der Waals surface area contributed by atoms with E-state index in [1.54, 1.807) is 0 Å². The third-order valence-electron chi connectivity index (χ3n) is 12.0. The van der Waals surface area contributed by atoms with Gasteiger partial charge in [-0.05, 0) is 51.4 Å². The summed E-state index contributed by atoms with van der Waals surface area (Å²) in [5.74, 6) is -0.394. The van der Waals surface area contributed by atoms with Crippen molar-refractivity contribution >= 4 is 11.9 Å². The molecule has 0 saturated heterocycles. The van der Waals surface area contributed by atoms with Crippen LogP contribution in [0.4, 0.5) is 0 Å². The van der Waals surface area contributed by atoms with Crippen molar-refractivity contribution in [2.45, 2.75) is 297 Å². The minimum absolute atomic E-state index is 0.0874. The molecule has 0 N–H and O–H groups in total. The Morgan fingerprint density at radius 3 is 1.13 bits per heavy atom. The number of carbonyl (C=O) groups is 2. The molecular formula is C55H104O5. The Kier molecular flexibility index (Phi) is 50.3. The average Bonchev–Trinajstić information content (AvgIpc) is 3.25. The van der Waals surface area contributed by atoms with Crippen LogP contribution < -0.4 is 0 Å².